The summed E-state index contributed by atoms with van der Waals surface area (Å²) < 4.78 is 1.99. The van der Waals surface area contributed by atoms with Crippen LogP contribution in [-0.4, -0.2) is 21.6 Å². The summed E-state index contributed by atoms with van der Waals surface area (Å²) >= 11 is 9.39. The highest BCUT2D eigenvalue weighted by Gasteiger charge is 2.10. The molecule has 0 atom stereocenters. The van der Waals surface area contributed by atoms with E-state index in [0.717, 1.165) is 0 Å². The van der Waals surface area contributed by atoms with E-state index in [0.29, 0.717) is 15.2 Å². The molecule has 0 aliphatic heterocycles. The lowest BCUT2D eigenvalue weighted by atomic mass is 10.3. The number of benzene rings is 1. The number of halogens is 2. The molecule has 0 saturated carbocycles. The van der Waals surface area contributed by atoms with E-state index >= 15 is 0 Å². The fourth-order valence-corrected chi connectivity index (χ4v) is 2.27. The Morgan fingerprint density at radius 2 is 2.24 bits per heavy atom. The molecule has 17 heavy (non-hydrogen) atoms. The van der Waals surface area contributed by atoms with Crippen molar-refractivity contribution in [3.05, 3.63) is 44.5 Å². The van der Waals surface area contributed by atoms with E-state index in [-0.39, 0.29) is 5.95 Å². The molecule has 0 fully saturated rings. The summed E-state index contributed by atoms with van der Waals surface area (Å²) in [5, 5.41) is 3.14. The molecule has 2 aromatic rings. The van der Waals surface area contributed by atoms with Crippen molar-refractivity contribution < 1.29 is 0 Å². The molecule has 0 amide bonds. The first-order valence-electron chi connectivity index (χ1n) is 4.71. The van der Waals surface area contributed by atoms with Gasteiger partial charge >= 0.3 is 5.69 Å². The molecule has 5 nitrogen and oxygen atoms in total. The van der Waals surface area contributed by atoms with Gasteiger partial charge in [-0.15, -0.1) is 0 Å². The number of para-hydroxylation sites is 1. The third-order valence-electron chi connectivity index (χ3n) is 2.11. The molecule has 1 aromatic carbocycles. The first kappa shape index (κ1) is 12.1. The molecule has 1 N–H and O–H groups in total. The van der Waals surface area contributed by atoms with E-state index in [9.17, 15) is 4.79 Å². The lowest BCUT2D eigenvalue weighted by molar-refractivity contribution is 0.860. The molecule has 1 aromatic heterocycles. The number of nitrogens with one attached hydrogen (secondary N) is 1. The molecule has 1 heterocycles. The van der Waals surface area contributed by atoms with Crippen molar-refractivity contribution in [3.63, 3.8) is 0 Å². The molecule has 2 rings (SSSR count). The van der Waals surface area contributed by atoms with E-state index in [1.807, 2.05) is 0 Å². The second-order valence-electron chi connectivity index (χ2n) is 3.15. The summed E-state index contributed by atoms with van der Waals surface area (Å²) in [6.07, 6.45) is 1.38. The normalized spacial score (nSPS) is 10.3. The van der Waals surface area contributed by atoms with Crippen LogP contribution in [0.3, 0.4) is 0 Å². The van der Waals surface area contributed by atoms with Crippen molar-refractivity contribution in [1.29, 1.82) is 0 Å². The number of rotatable bonds is 2. The predicted molar refractivity (Wildman–Crippen MR) is 69.9 cm³/mol. The van der Waals surface area contributed by atoms with Crippen LogP contribution in [0.25, 0.3) is 5.69 Å². The van der Waals surface area contributed by atoms with Gasteiger partial charge in [0.2, 0.25) is 5.95 Å². The smallest absolute Gasteiger partial charge is 0.356 e. The maximum atomic E-state index is 11.8. The summed E-state index contributed by atoms with van der Waals surface area (Å²) in [7, 11) is 1.64. The molecule has 88 valence electrons. The quantitative estimate of drug-likeness (QED) is 0.922. The highest BCUT2D eigenvalue weighted by atomic mass is 79.9. The van der Waals surface area contributed by atoms with Crippen molar-refractivity contribution in [2.75, 3.05) is 12.4 Å². The fourth-order valence-electron chi connectivity index (χ4n) is 1.33. The molecule has 0 aliphatic carbocycles. The van der Waals surface area contributed by atoms with Gasteiger partial charge in [-0.1, -0.05) is 17.7 Å². The van der Waals surface area contributed by atoms with Gasteiger partial charge in [0.05, 0.1) is 10.7 Å². The van der Waals surface area contributed by atoms with Crippen molar-refractivity contribution in [2.24, 2.45) is 0 Å². The second-order valence-corrected chi connectivity index (χ2v) is 4.41. The van der Waals surface area contributed by atoms with Gasteiger partial charge in [0.15, 0.2) is 0 Å². The summed E-state index contributed by atoms with van der Waals surface area (Å²) in [6.45, 7) is 0. The van der Waals surface area contributed by atoms with E-state index in [1.54, 1.807) is 25.2 Å². The molecule has 0 unspecified atom stereocenters. The first-order chi connectivity index (χ1) is 8.13. The summed E-state index contributed by atoms with van der Waals surface area (Å²) in [5.41, 5.74) is 0.0833. The molecule has 0 radical (unpaired) electrons. The van der Waals surface area contributed by atoms with Crippen molar-refractivity contribution in [3.8, 4) is 5.69 Å². The van der Waals surface area contributed by atoms with E-state index in [1.165, 1.54) is 10.9 Å². The van der Waals surface area contributed by atoms with Crippen LogP contribution in [0.15, 0.2) is 33.8 Å². The molecule has 0 bridgehead atoms. The van der Waals surface area contributed by atoms with Crippen molar-refractivity contribution in [1.82, 2.24) is 14.5 Å². The Morgan fingerprint density at radius 1 is 1.47 bits per heavy atom. The molecule has 7 heteroatoms. The number of aromatic nitrogens is 3. The Kier molecular flexibility index (Phi) is 3.44. The van der Waals surface area contributed by atoms with Gasteiger partial charge in [0, 0.05) is 11.5 Å². The Labute approximate surface area is 111 Å². The van der Waals surface area contributed by atoms with Crippen LogP contribution in [0.4, 0.5) is 5.95 Å². The Balaban J connectivity index is 2.65. The largest absolute Gasteiger partial charge is 0.357 e. The topological polar surface area (TPSA) is 59.8 Å². The first-order valence-corrected chi connectivity index (χ1v) is 5.88. The van der Waals surface area contributed by atoms with Crippen molar-refractivity contribution >= 4 is 33.5 Å². The van der Waals surface area contributed by atoms with E-state index in [4.69, 9.17) is 11.6 Å². The van der Waals surface area contributed by atoms with Gasteiger partial charge in [-0.3, -0.25) is 0 Å². The second kappa shape index (κ2) is 4.85. The van der Waals surface area contributed by atoms with Gasteiger partial charge in [0.25, 0.3) is 0 Å². The van der Waals surface area contributed by atoms with Crippen LogP contribution < -0.4 is 11.0 Å². The van der Waals surface area contributed by atoms with Gasteiger partial charge < -0.3 is 5.32 Å². The van der Waals surface area contributed by atoms with E-state index < -0.39 is 5.69 Å². The minimum Gasteiger partial charge on any atom is -0.357 e. The lowest BCUT2D eigenvalue weighted by Crippen LogP contribution is -2.23. The maximum absolute atomic E-state index is 11.8. The summed E-state index contributed by atoms with van der Waals surface area (Å²) in [6, 6.07) is 5.27. The monoisotopic (exact) mass is 314 g/mol. The van der Waals surface area contributed by atoms with Crippen LogP contribution in [0.1, 0.15) is 0 Å². The fraction of sp³-hybridized carbons (Fsp3) is 0.100. The van der Waals surface area contributed by atoms with Gasteiger partial charge in [-0.05, 0) is 28.1 Å². The number of hydrogen-bond acceptors (Lipinski definition) is 4. The Hall–Kier alpha value is -1.40. The molecular weight excluding hydrogens is 307 g/mol. The van der Waals surface area contributed by atoms with Crippen LogP contribution in [0.5, 0.6) is 0 Å². The predicted octanol–water partition coefficient (Wildman–Crippen LogP) is 2.09. The Morgan fingerprint density at radius 3 is 2.82 bits per heavy atom. The van der Waals surface area contributed by atoms with Crippen molar-refractivity contribution in [2.45, 2.75) is 0 Å². The molecule has 0 saturated heterocycles. The minimum atomic E-state index is -0.446. The highest BCUT2D eigenvalue weighted by Crippen LogP contribution is 2.27. The lowest BCUT2D eigenvalue weighted by Gasteiger charge is -2.09. The SMILES string of the molecule is CNc1ncn(-c2c(Cl)cccc2Br)c(=O)n1. The zero-order valence-corrected chi connectivity index (χ0v) is 11.2. The van der Waals surface area contributed by atoms with Gasteiger partial charge in [-0.2, -0.15) is 4.98 Å². The average molecular weight is 316 g/mol. The standard InChI is InChI=1S/C10H8BrClN4O/c1-13-9-14-5-16(10(17)15-9)8-6(11)3-2-4-7(8)12/h2-5H,1H3,(H,13,15,17). The van der Waals surface area contributed by atoms with Crippen LogP contribution >= 0.6 is 27.5 Å². The van der Waals surface area contributed by atoms with Gasteiger partial charge in [-0.25, -0.2) is 14.3 Å². The summed E-state index contributed by atoms with van der Waals surface area (Å²) in [4.78, 5) is 19.5. The number of nitrogens with zero attached hydrogens (tertiary/aromatic N) is 3. The number of hydrogen-bond donors (Lipinski definition) is 1. The third-order valence-corrected chi connectivity index (χ3v) is 3.05. The van der Waals surface area contributed by atoms with Crippen LogP contribution in [0, 0.1) is 0 Å². The average Bonchev–Trinajstić information content (AvgIpc) is 2.30. The summed E-state index contributed by atoms with van der Waals surface area (Å²) in [5.74, 6) is 0.273. The number of anilines is 1. The molecule has 0 aliphatic rings. The molecular formula is C10H8BrClN4O. The third kappa shape index (κ3) is 2.32. The van der Waals surface area contributed by atoms with Gasteiger partial charge in [0.1, 0.15) is 6.33 Å². The maximum Gasteiger partial charge on any atom is 0.356 e. The minimum absolute atomic E-state index is 0.273. The van der Waals surface area contributed by atoms with Crippen LogP contribution in [-0.2, 0) is 0 Å². The zero-order chi connectivity index (χ0) is 12.4. The Bertz CT molecular complexity index is 593. The zero-order valence-electron chi connectivity index (χ0n) is 8.82. The molecule has 0 spiro atoms. The van der Waals surface area contributed by atoms with E-state index in [2.05, 4.69) is 31.2 Å². The van der Waals surface area contributed by atoms with Crippen LogP contribution in [0.2, 0.25) is 5.02 Å². The highest BCUT2D eigenvalue weighted by molar-refractivity contribution is 9.10.